The van der Waals surface area contributed by atoms with Gasteiger partial charge in [-0.3, -0.25) is 4.99 Å². The summed E-state index contributed by atoms with van der Waals surface area (Å²) in [5.41, 5.74) is 2.00. The van der Waals surface area contributed by atoms with Gasteiger partial charge < -0.3 is 10.0 Å². The van der Waals surface area contributed by atoms with E-state index in [-0.39, 0.29) is 5.75 Å². The molecule has 0 bridgehead atoms. The van der Waals surface area contributed by atoms with Crippen LogP contribution in [0.4, 0.5) is 0 Å². The maximum atomic E-state index is 9.81. The highest BCUT2D eigenvalue weighted by atomic mass is 79.9. The first-order valence-electron chi connectivity index (χ1n) is 6.91. The van der Waals surface area contributed by atoms with Crippen molar-refractivity contribution >= 4 is 22.1 Å². The summed E-state index contributed by atoms with van der Waals surface area (Å²) in [6.45, 7) is 0.679. The van der Waals surface area contributed by atoms with Crippen LogP contribution in [0.5, 0.6) is 5.75 Å². The van der Waals surface area contributed by atoms with E-state index in [1.807, 2.05) is 18.2 Å². The number of benzene rings is 2. The Morgan fingerprint density at radius 1 is 1.19 bits per heavy atom. The summed E-state index contributed by atoms with van der Waals surface area (Å²) in [6.07, 6.45) is 1.74. The molecule has 0 heterocycles. The second-order valence-electron chi connectivity index (χ2n) is 5.24. The molecule has 0 saturated carbocycles. The molecule has 1 atom stereocenters. The van der Waals surface area contributed by atoms with Crippen molar-refractivity contribution in [2.24, 2.45) is 4.99 Å². The van der Waals surface area contributed by atoms with E-state index in [2.05, 4.69) is 59.3 Å². The first-order chi connectivity index (χ1) is 10.1. The number of aromatic hydroxyl groups is 1. The molecule has 4 heteroatoms. The third kappa shape index (κ3) is 4.41. The average molecular weight is 348 g/mol. The molecule has 0 unspecified atom stereocenters. The van der Waals surface area contributed by atoms with E-state index in [9.17, 15) is 5.11 Å². The summed E-state index contributed by atoms with van der Waals surface area (Å²) >= 11 is 3.40. The van der Waals surface area contributed by atoms with Gasteiger partial charge in [0, 0.05) is 21.8 Å². The zero-order valence-electron chi connectivity index (χ0n) is 12.3. The minimum atomic E-state index is 0.246. The standard InChI is InChI=1S/C17H19BrN2O/c1-20(2)16(13-6-4-3-5-7-13)12-19-11-14-10-15(18)8-9-17(14)21/h3-11,16,21H,12H2,1-2H3/p+1/t16-/m0/s1. The lowest BCUT2D eigenvalue weighted by molar-refractivity contribution is -0.890. The van der Waals surface area contributed by atoms with Gasteiger partial charge in [0.2, 0.25) is 0 Å². The third-order valence-corrected chi connectivity index (χ3v) is 3.90. The number of hydrogen-bond acceptors (Lipinski definition) is 2. The zero-order chi connectivity index (χ0) is 15.2. The number of phenols is 1. The zero-order valence-corrected chi connectivity index (χ0v) is 13.8. The van der Waals surface area contributed by atoms with E-state index in [1.54, 1.807) is 12.3 Å². The van der Waals surface area contributed by atoms with Crippen LogP contribution in [0.2, 0.25) is 0 Å². The van der Waals surface area contributed by atoms with Crippen molar-refractivity contribution in [1.82, 2.24) is 0 Å². The van der Waals surface area contributed by atoms with Gasteiger partial charge in [-0.15, -0.1) is 0 Å². The van der Waals surface area contributed by atoms with Crippen molar-refractivity contribution in [3.8, 4) is 5.75 Å². The van der Waals surface area contributed by atoms with Crippen LogP contribution in [0.1, 0.15) is 17.2 Å². The lowest BCUT2D eigenvalue weighted by Gasteiger charge is -2.19. The number of rotatable bonds is 5. The second-order valence-corrected chi connectivity index (χ2v) is 6.15. The van der Waals surface area contributed by atoms with Gasteiger partial charge in [-0.05, 0) is 18.2 Å². The normalized spacial score (nSPS) is 13.0. The second kappa shape index (κ2) is 7.38. The molecule has 0 spiro atoms. The van der Waals surface area contributed by atoms with Crippen molar-refractivity contribution in [1.29, 1.82) is 0 Å². The lowest BCUT2D eigenvalue weighted by atomic mass is 10.1. The van der Waals surface area contributed by atoms with Crippen LogP contribution in [-0.4, -0.2) is 32.0 Å². The fourth-order valence-electron chi connectivity index (χ4n) is 2.19. The van der Waals surface area contributed by atoms with Crippen LogP contribution in [0.25, 0.3) is 0 Å². The maximum absolute atomic E-state index is 9.81. The molecule has 0 aliphatic carbocycles. The van der Waals surface area contributed by atoms with Crippen LogP contribution in [-0.2, 0) is 0 Å². The number of phenolic OH excluding ortho intramolecular Hbond substituents is 1. The molecule has 0 fully saturated rings. The van der Waals surface area contributed by atoms with E-state index >= 15 is 0 Å². The third-order valence-electron chi connectivity index (χ3n) is 3.41. The molecule has 2 rings (SSSR count). The first kappa shape index (κ1) is 15.7. The molecule has 2 aromatic rings. The molecule has 21 heavy (non-hydrogen) atoms. The Bertz CT molecular complexity index is 611. The van der Waals surface area contributed by atoms with Crippen LogP contribution in [0.15, 0.2) is 58.0 Å². The summed E-state index contributed by atoms with van der Waals surface area (Å²) in [5, 5.41) is 9.81. The Kier molecular flexibility index (Phi) is 5.53. The smallest absolute Gasteiger partial charge is 0.132 e. The highest BCUT2D eigenvalue weighted by molar-refractivity contribution is 9.10. The van der Waals surface area contributed by atoms with Gasteiger partial charge in [0.05, 0.1) is 20.6 Å². The summed E-state index contributed by atoms with van der Waals surface area (Å²) < 4.78 is 0.930. The minimum Gasteiger partial charge on any atom is -0.507 e. The number of likely N-dealkylation sites (N-methyl/N-ethyl adjacent to an activating group) is 1. The molecule has 110 valence electrons. The van der Waals surface area contributed by atoms with Crippen molar-refractivity contribution < 1.29 is 10.0 Å². The van der Waals surface area contributed by atoms with Gasteiger partial charge in [-0.1, -0.05) is 46.3 Å². The molecular formula is C17H20BrN2O+. The van der Waals surface area contributed by atoms with E-state index in [4.69, 9.17) is 0 Å². The molecule has 2 aromatic carbocycles. The Morgan fingerprint density at radius 3 is 2.57 bits per heavy atom. The number of nitrogens with zero attached hydrogens (tertiary/aromatic N) is 1. The Labute approximate surface area is 134 Å². The highest BCUT2D eigenvalue weighted by Crippen LogP contribution is 2.20. The van der Waals surface area contributed by atoms with Crippen LogP contribution >= 0.6 is 15.9 Å². The largest absolute Gasteiger partial charge is 0.507 e. The average Bonchev–Trinajstić information content (AvgIpc) is 2.47. The number of halogens is 1. The molecule has 2 N–H and O–H groups in total. The quantitative estimate of drug-likeness (QED) is 0.801. The molecular weight excluding hydrogens is 328 g/mol. The molecule has 0 aromatic heterocycles. The number of aliphatic imine (C=N–C) groups is 1. The van der Waals surface area contributed by atoms with Gasteiger partial charge in [0.25, 0.3) is 0 Å². The van der Waals surface area contributed by atoms with Crippen molar-refractivity contribution in [3.63, 3.8) is 0 Å². The van der Waals surface area contributed by atoms with E-state index in [0.717, 1.165) is 10.0 Å². The molecule has 0 aliphatic heterocycles. The van der Waals surface area contributed by atoms with E-state index in [1.165, 1.54) is 10.5 Å². The molecule has 3 nitrogen and oxygen atoms in total. The van der Waals surface area contributed by atoms with Crippen LogP contribution in [0.3, 0.4) is 0 Å². The van der Waals surface area contributed by atoms with Gasteiger partial charge in [0.15, 0.2) is 0 Å². The maximum Gasteiger partial charge on any atom is 0.132 e. The predicted octanol–water partition coefficient (Wildman–Crippen LogP) is 2.46. The van der Waals surface area contributed by atoms with Gasteiger partial charge in [-0.25, -0.2) is 0 Å². The SMILES string of the molecule is C[NH+](C)[C@@H](CN=Cc1cc(Br)ccc1O)c1ccccc1. The minimum absolute atomic E-state index is 0.246. The van der Waals surface area contributed by atoms with Crippen LogP contribution < -0.4 is 4.90 Å². The Morgan fingerprint density at radius 2 is 1.90 bits per heavy atom. The molecule has 0 saturated heterocycles. The van der Waals surface area contributed by atoms with E-state index < -0.39 is 0 Å². The van der Waals surface area contributed by atoms with Gasteiger partial charge >= 0.3 is 0 Å². The lowest BCUT2D eigenvalue weighted by Crippen LogP contribution is -3.06. The summed E-state index contributed by atoms with van der Waals surface area (Å²) in [5.74, 6) is 0.246. The summed E-state index contributed by atoms with van der Waals surface area (Å²) in [4.78, 5) is 5.85. The molecule has 0 aliphatic rings. The highest BCUT2D eigenvalue weighted by Gasteiger charge is 2.16. The molecule has 0 amide bonds. The topological polar surface area (TPSA) is 37.0 Å². The summed E-state index contributed by atoms with van der Waals surface area (Å²) in [7, 11) is 4.26. The Balaban J connectivity index is 2.12. The number of nitrogens with one attached hydrogen (secondary N) is 1. The summed E-state index contributed by atoms with van der Waals surface area (Å²) in [6, 6.07) is 16.0. The van der Waals surface area contributed by atoms with Crippen molar-refractivity contribution in [2.45, 2.75) is 6.04 Å². The molecule has 0 radical (unpaired) electrons. The number of quaternary nitrogens is 1. The first-order valence-corrected chi connectivity index (χ1v) is 7.70. The monoisotopic (exact) mass is 347 g/mol. The van der Waals surface area contributed by atoms with Gasteiger partial charge in [0.1, 0.15) is 11.8 Å². The van der Waals surface area contributed by atoms with Crippen LogP contribution in [0, 0.1) is 0 Å². The Hall–Kier alpha value is -1.65. The fraction of sp³-hybridized carbons (Fsp3) is 0.235. The fourth-order valence-corrected chi connectivity index (χ4v) is 2.57. The van der Waals surface area contributed by atoms with Crippen molar-refractivity contribution in [2.75, 3.05) is 20.6 Å². The van der Waals surface area contributed by atoms with Gasteiger partial charge in [-0.2, -0.15) is 0 Å². The number of hydrogen-bond donors (Lipinski definition) is 2. The predicted molar refractivity (Wildman–Crippen MR) is 90.3 cm³/mol. The van der Waals surface area contributed by atoms with Crippen molar-refractivity contribution in [3.05, 3.63) is 64.1 Å². The van der Waals surface area contributed by atoms with E-state index in [0.29, 0.717) is 12.6 Å².